The van der Waals surface area contributed by atoms with Gasteiger partial charge in [0.2, 0.25) is 0 Å². The van der Waals surface area contributed by atoms with Crippen molar-refractivity contribution in [3.8, 4) is 0 Å². The van der Waals surface area contributed by atoms with Crippen molar-refractivity contribution in [3.05, 3.63) is 23.3 Å². The van der Waals surface area contributed by atoms with Crippen LogP contribution in [-0.4, -0.2) is 7.05 Å². The van der Waals surface area contributed by atoms with Crippen molar-refractivity contribution in [2.75, 3.05) is 18.1 Å². The molecule has 2 nitrogen and oxygen atoms in total. The summed E-state index contributed by atoms with van der Waals surface area (Å²) in [5.74, 6) is 0. The fourth-order valence-corrected chi connectivity index (χ4v) is 1.70. The number of nitrogen functional groups attached to an aromatic ring is 1. The summed E-state index contributed by atoms with van der Waals surface area (Å²) >= 11 is 0. The second-order valence-corrected chi connectivity index (χ2v) is 3.12. The lowest BCUT2D eigenvalue weighted by molar-refractivity contribution is 1.09. The third kappa shape index (κ3) is 1.77. The minimum absolute atomic E-state index is 0.893. The summed E-state index contributed by atoms with van der Waals surface area (Å²) in [6.45, 7) is 4.29. The third-order valence-corrected chi connectivity index (χ3v) is 2.42. The van der Waals surface area contributed by atoms with Gasteiger partial charge in [-0.15, -0.1) is 0 Å². The van der Waals surface area contributed by atoms with Crippen LogP contribution in [0.5, 0.6) is 0 Å². The first kappa shape index (κ1) is 9.90. The molecule has 0 radical (unpaired) electrons. The first-order valence-electron chi connectivity index (χ1n) is 4.82. The van der Waals surface area contributed by atoms with Gasteiger partial charge in [-0.1, -0.05) is 19.9 Å². The quantitative estimate of drug-likeness (QED) is 0.698. The highest BCUT2D eigenvalue weighted by Gasteiger charge is 2.07. The summed E-state index contributed by atoms with van der Waals surface area (Å²) in [6, 6.07) is 4.10. The number of benzene rings is 1. The van der Waals surface area contributed by atoms with E-state index < -0.39 is 0 Å². The van der Waals surface area contributed by atoms with Crippen LogP contribution in [0.15, 0.2) is 12.1 Å². The number of nitrogens with one attached hydrogen (secondary N) is 1. The molecule has 72 valence electrons. The molecule has 0 amide bonds. The molecule has 0 saturated carbocycles. The Morgan fingerprint density at radius 3 is 2.38 bits per heavy atom. The van der Waals surface area contributed by atoms with Gasteiger partial charge in [-0.05, 0) is 30.0 Å². The maximum absolute atomic E-state index is 5.89. The molecule has 1 aromatic carbocycles. The van der Waals surface area contributed by atoms with E-state index in [1.54, 1.807) is 0 Å². The smallest absolute Gasteiger partial charge is 0.0423 e. The highest BCUT2D eigenvalue weighted by molar-refractivity contribution is 5.67. The predicted octanol–water partition coefficient (Wildman–Crippen LogP) is 2.44. The van der Waals surface area contributed by atoms with Crippen molar-refractivity contribution in [1.82, 2.24) is 0 Å². The molecular weight excluding hydrogens is 160 g/mol. The SMILES string of the molecule is CCc1ccc(N)c(CC)c1NC. The lowest BCUT2D eigenvalue weighted by Crippen LogP contribution is -2.03. The Kier molecular flexibility index (Phi) is 3.18. The number of aryl methyl sites for hydroxylation is 1. The lowest BCUT2D eigenvalue weighted by Gasteiger charge is -2.14. The largest absolute Gasteiger partial charge is 0.398 e. The van der Waals surface area contributed by atoms with Crippen molar-refractivity contribution in [2.24, 2.45) is 0 Å². The number of anilines is 2. The third-order valence-electron chi connectivity index (χ3n) is 2.42. The zero-order valence-electron chi connectivity index (χ0n) is 8.65. The van der Waals surface area contributed by atoms with Gasteiger partial charge in [-0.25, -0.2) is 0 Å². The fourth-order valence-electron chi connectivity index (χ4n) is 1.70. The van der Waals surface area contributed by atoms with Gasteiger partial charge in [0.15, 0.2) is 0 Å². The van der Waals surface area contributed by atoms with Gasteiger partial charge in [0.1, 0.15) is 0 Å². The van der Waals surface area contributed by atoms with Crippen LogP contribution in [0.2, 0.25) is 0 Å². The van der Waals surface area contributed by atoms with E-state index in [2.05, 4.69) is 25.2 Å². The van der Waals surface area contributed by atoms with Crippen LogP contribution in [0, 0.1) is 0 Å². The molecule has 0 atom stereocenters. The van der Waals surface area contributed by atoms with Gasteiger partial charge in [0, 0.05) is 18.4 Å². The molecule has 1 aromatic rings. The summed E-state index contributed by atoms with van der Waals surface area (Å²) in [5.41, 5.74) is 10.6. The molecule has 0 aliphatic carbocycles. The minimum Gasteiger partial charge on any atom is -0.398 e. The van der Waals surface area contributed by atoms with Crippen LogP contribution in [0.25, 0.3) is 0 Å². The van der Waals surface area contributed by atoms with Crippen LogP contribution >= 0.6 is 0 Å². The molecule has 1 rings (SSSR count). The molecular formula is C11H18N2. The van der Waals surface area contributed by atoms with Crippen molar-refractivity contribution >= 4 is 11.4 Å². The van der Waals surface area contributed by atoms with E-state index in [-0.39, 0.29) is 0 Å². The maximum atomic E-state index is 5.89. The molecule has 0 bridgehead atoms. The Labute approximate surface area is 80.1 Å². The van der Waals surface area contributed by atoms with E-state index in [1.165, 1.54) is 16.8 Å². The Balaban J connectivity index is 3.27. The summed E-state index contributed by atoms with van der Waals surface area (Å²) < 4.78 is 0. The van der Waals surface area contributed by atoms with Gasteiger partial charge < -0.3 is 11.1 Å². The Bertz CT molecular complexity index is 292. The zero-order valence-corrected chi connectivity index (χ0v) is 8.65. The van der Waals surface area contributed by atoms with Crippen LogP contribution < -0.4 is 11.1 Å². The molecule has 3 N–H and O–H groups in total. The van der Waals surface area contributed by atoms with Gasteiger partial charge in [-0.3, -0.25) is 0 Å². The van der Waals surface area contributed by atoms with Crippen molar-refractivity contribution in [2.45, 2.75) is 26.7 Å². The van der Waals surface area contributed by atoms with E-state index in [4.69, 9.17) is 5.73 Å². The molecule has 13 heavy (non-hydrogen) atoms. The summed E-state index contributed by atoms with van der Waals surface area (Å²) in [4.78, 5) is 0. The topological polar surface area (TPSA) is 38.0 Å². The second-order valence-electron chi connectivity index (χ2n) is 3.12. The van der Waals surface area contributed by atoms with Gasteiger partial charge in [0.25, 0.3) is 0 Å². The van der Waals surface area contributed by atoms with Crippen LogP contribution in [0.3, 0.4) is 0 Å². The Hall–Kier alpha value is -1.18. The normalized spacial score (nSPS) is 10.1. The standard InChI is InChI=1S/C11H18N2/c1-4-8-6-7-10(12)9(5-2)11(8)13-3/h6-7,13H,4-5,12H2,1-3H3. The summed E-state index contributed by atoms with van der Waals surface area (Å²) in [5, 5.41) is 3.23. The summed E-state index contributed by atoms with van der Waals surface area (Å²) in [7, 11) is 1.95. The fraction of sp³-hybridized carbons (Fsp3) is 0.455. The van der Waals surface area contributed by atoms with Gasteiger partial charge in [-0.2, -0.15) is 0 Å². The van der Waals surface area contributed by atoms with E-state index in [9.17, 15) is 0 Å². The van der Waals surface area contributed by atoms with E-state index in [1.807, 2.05) is 13.1 Å². The molecule has 0 fully saturated rings. The van der Waals surface area contributed by atoms with Crippen molar-refractivity contribution < 1.29 is 0 Å². The minimum atomic E-state index is 0.893. The molecule has 0 heterocycles. The average molecular weight is 178 g/mol. The number of hydrogen-bond acceptors (Lipinski definition) is 2. The predicted molar refractivity (Wildman–Crippen MR) is 59.2 cm³/mol. The highest BCUT2D eigenvalue weighted by Crippen LogP contribution is 2.27. The van der Waals surface area contributed by atoms with E-state index >= 15 is 0 Å². The van der Waals surface area contributed by atoms with E-state index in [0.717, 1.165) is 18.5 Å². The average Bonchev–Trinajstić information content (AvgIpc) is 2.17. The van der Waals surface area contributed by atoms with Gasteiger partial charge in [0.05, 0.1) is 0 Å². The van der Waals surface area contributed by atoms with Crippen molar-refractivity contribution in [1.29, 1.82) is 0 Å². The maximum Gasteiger partial charge on any atom is 0.0423 e. The molecule has 0 saturated heterocycles. The van der Waals surface area contributed by atoms with Crippen LogP contribution in [-0.2, 0) is 12.8 Å². The molecule has 0 spiro atoms. The first-order chi connectivity index (χ1) is 6.24. The molecule has 0 aliphatic rings. The van der Waals surface area contributed by atoms with Crippen LogP contribution in [0.4, 0.5) is 11.4 Å². The monoisotopic (exact) mass is 178 g/mol. The molecule has 2 heteroatoms. The number of nitrogens with two attached hydrogens (primary N) is 1. The Morgan fingerprint density at radius 1 is 1.23 bits per heavy atom. The highest BCUT2D eigenvalue weighted by atomic mass is 14.8. The Morgan fingerprint density at radius 2 is 1.92 bits per heavy atom. The molecule has 0 unspecified atom stereocenters. The summed E-state index contributed by atoms with van der Waals surface area (Å²) in [6.07, 6.45) is 2.03. The lowest BCUT2D eigenvalue weighted by atomic mass is 10.0. The van der Waals surface area contributed by atoms with Crippen LogP contribution in [0.1, 0.15) is 25.0 Å². The zero-order chi connectivity index (χ0) is 9.84. The second kappa shape index (κ2) is 4.17. The van der Waals surface area contributed by atoms with E-state index in [0.29, 0.717) is 0 Å². The molecule has 0 aliphatic heterocycles. The molecule has 0 aromatic heterocycles. The van der Waals surface area contributed by atoms with Crippen molar-refractivity contribution in [3.63, 3.8) is 0 Å². The number of rotatable bonds is 3. The van der Waals surface area contributed by atoms with Gasteiger partial charge >= 0.3 is 0 Å². The number of hydrogen-bond donors (Lipinski definition) is 2. The first-order valence-corrected chi connectivity index (χ1v) is 4.82.